The van der Waals surface area contributed by atoms with Crippen molar-refractivity contribution in [1.29, 1.82) is 0 Å². The standard InChI is InChI=1S/C20H23NO2/c1-3-23-19-12-9-17(10-13-19)11-14-20(22)21-15-16(2)18-7-5-4-6-8-18/h4-14,16H,3,15H2,1-2H3,(H,21,22)/b14-11+/t16-/m1/s1. The fourth-order valence-corrected chi connectivity index (χ4v) is 2.23. The Morgan fingerprint density at radius 2 is 1.83 bits per heavy atom. The predicted molar refractivity (Wildman–Crippen MR) is 94.5 cm³/mol. The van der Waals surface area contributed by atoms with E-state index in [-0.39, 0.29) is 5.91 Å². The van der Waals surface area contributed by atoms with Gasteiger partial charge in [-0.1, -0.05) is 49.4 Å². The van der Waals surface area contributed by atoms with Crippen LogP contribution in [-0.2, 0) is 4.79 Å². The van der Waals surface area contributed by atoms with Crippen LogP contribution in [0.25, 0.3) is 6.08 Å². The molecule has 0 unspecified atom stereocenters. The first-order valence-corrected chi connectivity index (χ1v) is 7.92. The Kier molecular flexibility index (Phi) is 6.42. The molecule has 0 bridgehead atoms. The molecule has 0 aliphatic heterocycles. The van der Waals surface area contributed by atoms with Gasteiger partial charge in [0.2, 0.25) is 5.91 Å². The lowest BCUT2D eigenvalue weighted by Gasteiger charge is -2.11. The average molecular weight is 309 g/mol. The molecule has 2 aromatic rings. The second-order valence-electron chi connectivity index (χ2n) is 5.39. The molecule has 1 N–H and O–H groups in total. The number of nitrogens with one attached hydrogen (secondary N) is 1. The van der Waals surface area contributed by atoms with Crippen molar-refractivity contribution in [3.63, 3.8) is 0 Å². The van der Waals surface area contributed by atoms with E-state index in [1.165, 1.54) is 5.56 Å². The molecule has 120 valence electrons. The molecule has 1 amide bonds. The van der Waals surface area contributed by atoms with Crippen LogP contribution in [0.1, 0.15) is 30.9 Å². The zero-order chi connectivity index (χ0) is 16.5. The van der Waals surface area contributed by atoms with E-state index in [0.717, 1.165) is 11.3 Å². The Hall–Kier alpha value is -2.55. The number of ether oxygens (including phenoxy) is 1. The molecular weight excluding hydrogens is 286 g/mol. The van der Waals surface area contributed by atoms with Crippen molar-refractivity contribution >= 4 is 12.0 Å². The van der Waals surface area contributed by atoms with Crippen molar-refractivity contribution in [3.8, 4) is 5.75 Å². The van der Waals surface area contributed by atoms with Crippen LogP contribution in [0.4, 0.5) is 0 Å². The van der Waals surface area contributed by atoms with E-state index in [4.69, 9.17) is 4.74 Å². The fraction of sp³-hybridized carbons (Fsp3) is 0.250. The minimum absolute atomic E-state index is 0.0818. The molecule has 2 aromatic carbocycles. The molecule has 0 radical (unpaired) electrons. The van der Waals surface area contributed by atoms with Crippen molar-refractivity contribution < 1.29 is 9.53 Å². The molecule has 0 saturated heterocycles. The molecule has 23 heavy (non-hydrogen) atoms. The van der Waals surface area contributed by atoms with E-state index in [1.807, 2.05) is 49.4 Å². The smallest absolute Gasteiger partial charge is 0.244 e. The molecule has 3 heteroatoms. The maximum atomic E-state index is 11.9. The van der Waals surface area contributed by atoms with Crippen LogP contribution >= 0.6 is 0 Å². The summed E-state index contributed by atoms with van der Waals surface area (Å²) < 4.78 is 5.39. The number of hydrogen-bond donors (Lipinski definition) is 1. The molecule has 1 atom stereocenters. The van der Waals surface area contributed by atoms with Crippen molar-refractivity contribution in [2.24, 2.45) is 0 Å². The van der Waals surface area contributed by atoms with Crippen LogP contribution in [0.3, 0.4) is 0 Å². The summed E-state index contributed by atoms with van der Waals surface area (Å²) in [6.07, 6.45) is 3.37. The van der Waals surface area contributed by atoms with E-state index >= 15 is 0 Å². The molecular formula is C20H23NO2. The molecule has 0 heterocycles. The Bertz CT molecular complexity index is 632. The van der Waals surface area contributed by atoms with Gasteiger partial charge < -0.3 is 10.1 Å². The van der Waals surface area contributed by atoms with E-state index < -0.39 is 0 Å². The second kappa shape index (κ2) is 8.79. The summed E-state index contributed by atoms with van der Waals surface area (Å²) >= 11 is 0. The summed E-state index contributed by atoms with van der Waals surface area (Å²) in [5.74, 6) is 1.05. The predicted octanol–water partition coefficient (Wildman–Crippen LogP) is 4.02. The van der Waals surface area contributed by atoms with Gasteiger partial charge in [0.25, 0.3) is 0 Å². The van der Waals surface area contributed by atoms with Crippen molar-refractivity contribution in [3.05, 3.63) is 71.8 Å². The molecule has 0 saturated carbocycles. The van der Waals surface area contributed by atoms with Gasteiger partial charge >= 0.3 is 0 Å². The highest BCUT2D eigenvalue weighted by Gasteiger charge is 2.05. The number of rotatable bonds is 7. The lowest BCUT2D eigenvalue weighted by atomic mass is 10.0. The summed E-state index contributed by atoms with van der Waals surface area (Å²) in [7, 11) is 0. The Balaban J connectivity index is 1.82. The Morgan fingerprint density at radius 1 is 1.13 bits per heavy atom. The van der Waals surface area contributed by atoms with Crippen molar-refractivity contribution in [1.82, 2.24) is 5.32 Å². The summed E-state index contributed by atoms with van der Waals surface area (Å²) in [4.78, 5) is 11.9. The van der Waals surface area contributed by atoms with E-state index in [2.05, 4.69) is 24.4 Å². The first-order valence-electron chi connectivity index (χ1n) is 7.92. The fourth-order valence-electron chi connectivity index (χ4n) is 2.23. The van der Waals surface area contributed by atoms with Gasteiger partial charge in [-0.25, -0.2) is 0 Å². The molecule has 0 spiro atoms. The Morgan fingerprint density at radius 3 is 2.48 bits per heavy atom. The van der Waals surface area contributed by atoms with Gasteiger partial charge in [-0.15, -0.1) is 0 Å². The van der Waals surface area contributed by atoms with Crippen LogP contribution in [0.2, 0.25) is 0 Å². The molecule has 0 aliphatic carbocycles. The quantitative estimate of drug-likeness (QED) is 0.785. The van der Waals surface area contributed by atoms with Crippen molar-refractivity contribution in [2.75, 3.05) is 13.2 Å². The van der Waals surface area contributed by atoms with Crippen LogP contribution in [0.15, 0.2) is 60.7 Å². The van der Waals surface area contributed by atoms with E-state index in [1.54, 1.807) is 12.2 Å². The molecule has 0 fully saturated rings. The average Bonchev–Trinajstić information content (AvgIpc) is 2.60. The van der Waals surface area contributed by atoms with Gasteiger partial charge in [-0.2, -0.15) is 0 Å². The molecule has 2 rings (SSSR count). The summed E-state index contributed by atoms with van der Waals surface area (Å²) in [6, 6.07) is 17.8. The topological polar surface area (TPSA) is 38.3 Å². The maximum Gasteiger partial charge on any atom is 0.244 e. The first-order chi connectivity index (χ1) is 11.2. The number of carbonyl (C=O) groups excluding carboxylic acids is 1. The third-order valence-electron chi connectivity index (χ3n) is 3.57. The van der Waals surface area contributed by atoms with Crippen LogP contribution < -0.4 is 10.1 Å². The maximum absolute atomic E-state index is 11.9. The lowest BCUT2D eigenvalue weighted by molar-refractivity contribution is -0.116. The normalized spacial score (nSPS) is 12.1. The molecule has 0 aliphatic rings. The first kappa shape index (κ1) is 16.8. The monoisotopic (exact) mass is 309 g/mol. The summed E-state index contributed by atoms with van der Waals surface area (Å²) in [6.45, 7) is 5.33. The highest BCUT2D eigenvalue weighted by molar-refractivity contribution is 5.91. The minimum Gasteiger partial charge on any atom is -0.494 e. The SMILES string of the molecule is CCOc1ccc(/C=C/C(=O)NC[C@@H](C)c2ccccc2)cc1. The highest BCUT2D eigenvalue weighted by Crippen LogP contribution is 2.14. The van der Waals surface area contributed by atoms with Crippen LogP contribution in [-0.4, -0.2) is 19.1 Å². The van der Waals surface area contributed by atoms with Gasteiger partial charge in [0.15, 0.2) is 0 Å². The third kappa shape index (κ3) is 5.62. The number of hydrogen-bond acceptors (Lipinski definition) is 2. The second-order valence-corrected chi connectivity index (χ2v) is 5.39. The van der Waals surface area contributed by atoms with Crippen LogP contribution in [0, 0.1) is 0 Å². The van der Waals surface area contributed by atoms with E-state index in [0.29, 0.717) is 19.1 Å². The largest absolute Gasteiger partial charge is 0.494 e. The van der Waals surface area contributed by atoms with Gasteiger partial charge in [0.1, 0.15) is 5.75 Å². The molecule has 0 aromatic heterocycles. The lowest BCUT2D eigenvalue weighted by Crippen LogP contribution is -2.25. The minimum atomic E-state index is -0.0818. The highest BCUT2D eigenvalue weighted by atomic mass is 16.5. The zero-order valence-electron chi connectivity index (χ0n) is 13.7. The Labute approximate surface area is 138 Å². The van der Waals surface area contributed by atoms with Gasteiger partial charge in [-0.3, -0.25) is 4.79 Å². The van der Waals surface area contributed by atoms with Crippen LogP contribution in [0.5, 0.6) is 5.75 Å². The number of carbonyl (C=O) groups is 1. The van der Waals surface area contributed by atoms with Crippen molar-refractivity contribution in [2.45, 2.75) is 19.8 Å². The summed E-state index contributed by atoms with van der Waals surface area (Å²) in [5, 5.41) is 2.93. The van der Waals surface area contributed by atoms with Gasteiger partial charge in [0.05, 0.1) is 6.61 Å². The third-order valence-corrected chi connectivity index (χ3v) is 3.57. The number of benzene rings is 2. The van der Waals surface area contributed by atoms with E-state index in [9.17, 15) is 4.79 Å². The summed E-state index contributed by atoms with van der Waals surface area (Å²) in [5.41, 5.74) is 2.20. The van der Waals surface area contributed by atoms with Gasteiger partial charge in [0, 0.05) is 12.6 Å². The zero-order valence-corrected chi connectivity index (χ0v) is 13.7. The van der Waals surface area contributed by atoms with Gasteiger partial charge in [-0.05, 0) is 42.2 Å². The number of amides is 1. The molecule has 3 nitrogen and oxygen atoms in total.